The van der Waals surface area contributed by atoms with Crippen LogP contribution in [0.5, 0.6) is 0 Å². The highest BCUT2D eigenvalue weighted by Gasteiger charge is 2.26. The standard InChI is InChI=1S/C12H12Cl2O8/c1-11(2,21-19-9(17)7(13)15)5-6-12(3,4)22-20-10(18)8(14)16/h1-4H3. The molecule has 0 aromatic carbocycles. The molecule has 0 aromatic rings. The molecule has 0 aliphatic heterocycles. The van der Waals surface area contributed by atoms with Crippen LogP contribution in [0, 0.1) is 11.8 Å². The molecule has 0 heterocycles. The zero-order valence-electron chi connectivity index (χ0n) is 12.0. The SMILES string of the molecule is CC(C)(C#CC(C)(C)OOC(=O)C(=O)Cl)OOC(=O)C(=O)Cl. The molecule has 0 radical (unpaired) electrons. The van der Waals surface area contributed by atoms with E-state index in [1.165, 1.54) is 27.7 Å². The Labute approximate surface area is 135 Å². The minimum Gasteiger partial charge on any atom is -0.286 e. The summed E-state index contributed by atoms with van der Waals surface area (Å²) in [7, 11) is 0. The molecule has 0 rings (SSSR count). The minimum absolute atomic E-state index is 1.32. The molecule has 22 heavy (non-hydrogen) atoms. The molecule has 0 N–H and O–H groups in total. The molecule has 10 heteroatoms. The van der Waals surface area contributed by atoms with Crippen LogP contribution in [0.1, 0.15) is 27.7 Å². The van der Waals surface area contributed by atoms with Gasteiger partial charge in [0, 0.05) is 0 Å². The fourth-order valence-corrected chi connectivity index (χ4v) is 0.755. The molecule has 0 unspecified atom stereocenters. The zero-order valence-corrected chi connectivity index (χ0v) is 13.5. The van der Waals surface area contributed by atoms with E-state index in [-0.39, 0.29) is 0 Å². The Morgan fingerprint density at radius 1 is 0.727 bits per heavy atom. The first-order valence-corrected chi connectivity index (χ1v) is 6.35. The van der Waals surface area contributed by atoms with Crippen LogP contribution in [0.15, 0.2) is 0 Å². The van der Waals surface area contributed by atoms with Gasteiger partial charge in [-0.3, -0.25) is 19.4 Å². The molecule has 122 valence electrons. The Balaban J connectivity index is 4.66. The second-order valence-electron chi connectivity index (χ2n) is 4.73. The normalized spacial score (nSPS) is 11.0. The summed E-state index contributed by atoms with van der Waals surface area (Å²) in [6, 6.07) is 0. The second-order valence-corrected chi connectivity index (χ2v) is 5.41. The summed E-state index contributed by atoms with van der Waals surface area (Å²) >= 11 is 9.73. The molecular weight excluding hydrogens is 343 g/mol. The largest absolute Gasteiger partial charge is 0.424 e. The van der Waals surface area contributed by atoms with E-state index in [0.717, 1.165) is 0 Å². The van der Waals surface area contributed by atoms with E-state index in [0.29, 0.717) is 0 Å². The highest BCUT2D eigenvalue weighted by molar-refractivity contribution is 6.80. The quantitative estimate of drug-likeness (QED) is 0.229. The summed E-state index contributed by atoms with van der Waals surface area (Å²) in [6.07, 6.45) is 0. The average molecular weight is 355 g/mol. The maximum Gasteiger partial charge on any atom is 0.424 e. The van der Waals surface area contributed by atoms with Gasteiger partial charge in [-0.2, -0.15) is 9.78 Å². The molecule has 0 aromatic heterocycles. The van der Waals surface area contributed by atoms with Gasteiger partial charge in [-0.25, -0.2) is 9.59 Å². The van der Waals surface area contributed by atoms with Crippen molar-refractivity contribution in [3.05, 3.63) is 0 Å². The Bertz CT molecular complexity index is 495. The molecular formula is C12H12Cl2O8. The summed E-state index contributed by atoms with van der Waals surface area (Å²) in [5.41, 5.74) is -2.65. The molecule has 0 spiro atoms. The number of rotatable bonds is 6. The van der Waals surface area contributed by atoms with E-state index >= 15 is 0 Å². The maximum absolute atomic E-state index is 10.8. The number of hydrogen-bond acceptors (Lipinski definition) is 8. The number of halogens is 2. The van der Waals surface area contributed by atoms with Gasteiger partial charge < -0.3 is 0 Å². The smallest absolute Gasteiger partial charge is 0.286 e. The molecule has 0 aliphatic rings. The summed E-state index contributed by atoms with van der Waals surface area (Å²) in [6.45, 7) is 5.65. The first-order valence-electron chi connectivity index (χ1n) is 5.59. The van der Waals surface area contributed by atoms with Crippen LogP contribution in [0.4, 0.5) is 0 Å². The van der Waals surface area contributed by atoms with Crippen LogP contribution in [-0.2, 0) is 38.7 Å². The fraction of sp³-hybridized carbons (Fsp3) is 0.500. The lowest BCUT2D eigenvalue weighted by molar-refractivity contribution is -0.309. The third-order valence-electron chi connectivity index (χ3n) is 1.64. The third-order valence-corrected chi connectivity index (χ3v) is 1.95. The highest BCUT2D eigenvalue weighted by atomic mass is 35.5. The molecule has 0 amide bonds. The Morgan fingerprint density at radius 3 is 1.23 bits per heavy atom. The van der Waals surface area contributed by atoms with Crippen molar-refractivity contribution in [1.29, 1.82) is 0 Å². The van der Waals surface area contributed by atoms with E-state index in [1.54, 1.807) is 0 Å². The summed E-state index contributed by atoms with van der Waals surface area (Å²) in [5.74, 6) is 2.21. The van der Waals surface area contributed by atoms with E-state index in [1.807, 2.05) is 0 Å². The van der Waals surface area contributed by atoms with Gasteiger partial charge in [0.15, 0.2) is 11.2 Å². The van der Waals surface area contributed by atoms with Gasteiger partial charge in [0.1, 0.15) is 0 Å². The summed E-state index contributed by atoms with van der Waals surface area (Å²) in [4.78, 5) is 60.2. The minimum atomic E-state index is -1.40. The Hall–Kier alpha value is -1.66. The van der Waals surface area contributed by atoms with Crippen molar-refractivity contribution in [2.75, 3.05) is 0 Å². The molecule has 0 atom stereocenters. The Kier molecular flexibility index (Phi) is 7.49. The van der Waals surface area contributed by atoms with Crippen molar-refractivity contribution < 1.29 is 38.7 Å². The van der Waals surface area contributed by atoms with Crippen molar-refractivity contribution >= 4 is 45.6 Å². The number of hydrogen-bond donors (Lipinski definition) is 0. The summed E-state index contributed by atoms with van der Waals surface area (Å²) < 4.78 is 0. The molecule has 0 saturated heterocycles. The average Bonchev–Trinajstić information content (AvgIpc) is 2.40. The monoisotopic (exact) mass is 354 g/mol. The van der Waals surface area contributed by atoms with Gasteiger partial charge in [-0.15, -0.1) is 0 Å². The zero-order chi connectivity index (χ0) is 17.6. The predicted molar refractivity (Wildman–Crippen MR) is 72.0 cm³/mol. The molecule has 0 fully saturated rings. The van der Waals surface area contributed by atoms with E-state index in [4.69, 9.17) is 23.2 Å². The van der Waals surface area contributed by atoms with E-state index in [9.17, 15) is 19.2 Å². The number of carbonyl (C=O) groups excluding carboxylic acids is 4. The Morgan fingerprint density at radius 2 is 1.00 bits per heavy atom. The van der Waals surface area contributed by atoms with Gasteiger partial charge in [0.2, 0.25) is 0 Å². The van der Waals surface area contributed by atoms with E-state index < -0.39 is 33.6 Å². The van der Waals surface area contributed by atoms with Crippen molar-refractivity contribution in [3.8, 4) is 11.8 Å². The van der Waals surface area contributed by atoms with Crippen molar-refractivity contribution in [2.45, 2.75) is 38.9 Å². The van der Waals surface area contributed by atoms with Crippen molar-refractivity contribution in [1.82, 2.24) is 0 Å². The van der Waals surface area contributed by atoms with Gasteiger partial charge in [0.25, 0.3) is 0 Å². The summed E-state index contributed by atoms with van der Waals surface area (Å²) in [5, 5.41) is -2.71. The fourth-order valence-electron chi connectivity index (χ4n) is 0.692. The van der Waals surface area contributed by atoms with Crippen LogP contribution >= 0.6 is 23.2 Å². The van der Waals surface area contributed by atoms with Crippen LogP contribution < -0.4 is 0 Å². The van der Waals surface area contributed by atoms with Crippen molar-refractivity contribution in [3.63, 3.8) is 0 Å². The topological polar surface area (TPSA) is 105 Å². The van der Waals surface area contributed by atoms with Crippen LogP contribution in [-0.4, -0.2) is 33.6 Å². The highest BCUT2D eigenvalue weighted by Crippen LogP contribution is 2.13. The molecule has 8 nitrogen and oxygen atoms in total. The molecule has 0 aliphatic carbocycles. The van der Waals surface area contributed by atoms with Gasteiger partial charge in [-0.1, -0.05) is 11.8 Å². The lowest BCUT2D eigenvalue weighted by Crippen LogP contribution is -2.29. The lowest BCUT2D eigenvalue weighted by Gasteiger charge is -2.18. The van der Waals surface area contributed by atoms with Gasteiger partial charge in [-0.05, 0) is 50.9 Å². The van der Waals surface area contributed by atoms with Crippen molar-refractivity contribution in [2.24, 2.45) is 0 Å². The molecule has 0 saturated carbocycles. The van der Waals surface area contributed by atoms with Crippen LogP contribution in [0.25, 0.3) is 0 Å². The van der Waals surface area contributed by atoms with Gasteiger partial charge in [0.05, 0.1) is 0 Å². The van der Waals surface area contributed by atoms with Crippen LogP contribution in [0.3, 0.4) is 0 Å². The van der Waals surface area contributed by atoms with E-state index in [2.05, 4.69) is 31.4 Å². The lowest BCUT2D eigenvalue weighted by atomic mass is 10.1. The molecule has 0 bridgehead atoms. The predicted octanol–water partition coefficient (Wildman–Crippen LogP) is 1.03. The van der Waals surface area contributed by atoms with Gasteiger partial charge >= 0.3 is 22.4 Å². The number of carbonyl (C=O) groups is 4. The third kappa shape index (κ3) is 8.59. The first kappa shape index (κ1) is 20.3. The van der Waals surface area contributed by atoms with Crippen LogP contribution in [0.2, 0.25) is 0 Å². The second kappa shape index (κ2) is 8.10. The maximum atomic E-state index is 10.8. The first-order chi connectivity index (χ1) is 9.86.